The SMILES string of the molecule is COc1nnc(C2CCNCC2)cc1N. The number of nitrogens with one attached hydrogen (secondary N) is 1. The van der Waals surface area contributed by atoms with Gasteiger partial charge in [-0.3, -0.25) is 0 Å². The second kappa shape index (κ2) is 4.44. The van der Waals surface area contributed by atoms with Crippen LogP contribution in [0.2, 0.25) is 0 Å². The predicted molar refractivity (Wildman–Crippen MR) is 57.8 cm³/mol. The maximum absolute atomic E-state index is 5.80. The highest BCUT2D eigenvalue weighted by atomic mass is 16.5. The highest BCUT2D eigenvalue weighted by Gasteiger charge is 2.18. The molecule has 0 aliphatic carbocycles. The average molecular weight is 208 g/mol. The third kappa shape index (κ3) is 2.18. The minimum absolute atomic E-state index is 0.410. The summed E-state index contributed by atoms with van der Waals surface area (Å²) in [5, 5.41) is 11.4. The van der Waals surface area contributed by atoms with Gasteiger partial charge in [-0.1, -0.05) is 0 Å². The van der Waals surface area contributed by atoms with Crippen molar-refractivity contribution in [2.45, 2.75) is 18.8 Å². The summed E-state index contributed by atoms with van der Waals surface area (Å²) in [6.45, 7) is 2.08. The fourth-order valence-corrected chi connectivity index (χ4v) is 1.89. The molecular formula is C10H16N4O. The number of methoxy groups -OCH3 is 1. The molecule has 0 saturated carbocycles. The number of aromatic nitrogens is 2. The van der Waals surface area contributed by atoms with Gasteiger partial charge in [-0.15, -0.1) is 5.10 Å². The first-order chi connectivity index (χ1) is 7.31. The molecule has 5 nitrogen and oxygen atoms in total. The summed E-state index contributed by atoms with van der Waals surface area (Å²) in [5.41, 5.74) is 7.35. The van der Waals surface area contributed by atoms with Gasteiger partial charge >= 0.3 is 0 Å². The van der Waals surface area contributed by atoms with Gasteiger partial charge in [0.1, 0.15) is 0 Å². The Balaban J connectivity index is 2.17. The molecule has 15 heavy (non-hydrogen) atoms. The molecule has 0 bridgehead atoms. The van der Waals surface area contributed by atoms with Crippen molar-refractivity contribution in [3.8, 4) is 5.88 Å². The van der Waals surface area contributed by atoms with E-state index >= 15 is 0 Å². The van der Waals surface area contributed by atoms with E-state index in [2.05, 4.69) is 15.5 Å². The van der Waals surface area contributed by atoms with Crippen molar-refractivity contribution in [2.24, 2.45) is 0 Å². The highest BCUT2D eigenvalue weighted by Crippen LogP contribution is 2.26. The van der Waals surface area contributed by atoms with Crippen LogP contribution in [0.15, 0.2) is 6.07 Å². The largest absolute Gasteiger partial charge is 0.478 e. The van der Waals surface area contributed by atoms with Gasteiger partial charge in [0.15, 0.2) is 0 Å². The van der Waals surface area contributed by atoms with E-state index in [1.807, 2.05) is 6.07 Å². The van der Waals surface area contributed by atoms with Crippen LogP contribution in [-0.4, -0.2) is 30.4 Å². The zero-order chi connectivity index (χ0) is 10.7. The number of nitrogen functional groups attached to an aromatic ring is 1. The summed E-state index contributed by atoms with van der Waals surface area (Å²) in [4.78, 5) is 0. The van der Waals surface area contributed by atoms with Crippen LogP contribution >= 0.6 is 0 Å². The van der Waals surface area contributed by atoms with E-state index in [9.17, 15) is 0 Å². The molecule has 1 aliphatic heterocycles. The van der Waals surface area contributed by atoms with Gasteiger partial charge in [0.25, 0.3) is 5.88 Å². The molecule has 1 aromatic rings. The Morgan fingerprint density at radius 3 is 2.73 bits per heavy atom. The molecule has 5 heteroatoms. The average Bonchev–Trinajstić information content (AvgIpc) is 2.30. The zero-order valence-corrected chi connectivity index (χ0v) is 8.86. The molecule has 1 fully saturated rings. The number of hydrogen-bond acceptors (Lipinski definition) is 5. The van der Waals surface area contributed by atoms with E-state index in [0.29, 0.717) is 17.5 Å². The lowest BCUT2D eigenvalue weighted by atomic mass is 9.94. The molecule has 1 saturated heterocycles. The first kappa shape index (κ1) is 10.2. The van der Waals surface area contributed by atoms with E-state index in [1.165, 1.54) is 0 Å². The number of ether oxygens (including phenoxy) is 1. The van der Waals surface area contributed by atoms with Crippen molar-refractivity contribution < 1.29 is 4.74 Å². The van der Waals surface area contributed by atoms with Crippen molar-refractivity contribution in [1.29, 1.82) is 0 Å². The second-order valence-corrected chi connectivity index (χ2v) is 3.76. The predicted octanol–water partition coefficient (Wildman–Crippen LogP) is 0.534. The molecule has 1 aromatic heterocycles. The van der Waals surface area contributed by atoms with E-state index in [-0.39, 0.29) is 0 Å². The normalized spacial score (nSPS) is 17.7. The lowest BCUT2D eigenvalue weighted by molar-refractivity contribution is 0.390. The van der Waals surface area contributed by atoms with E-state index in [4.69, 9.17) is 10.5 Å². The fraction of sp³-hybridized carbons (Fsp3) is 0.600. The van der Waals surface area contributed by atoms with Gasteiger partial charge in [0.2, 0.25) is 0 Å². The van der Waals surface area contributed by atoms with Gasteiger partial charge in [0.05, 0.1) is 18.5 Å². The number of nitrogens with two attached hydrogens (primary N) is 1. The Morgan fingerprint density at radius 1 is 1.40 bits per heavy atom. The minimum Gasteiger partial charge on any atom is -0.478 e. The van der Waals surface area contributed by atoms with Crippen LogP contribution in [0.4, 0.5) is 5.69 Å². The molecule has 1 aliphatic rings. The van der Waals surface area contributed by atoms with Gasteiger partial charge in [-0.2, -0.15) is 5.10 Å². The molecule has 3 N–H and O–H groups in total. The van der Waals surface area contributed by atoms with E-state index < -0.39 is 0 Å². The third-order valence-corrected chi connectivity index (χ3v) is 2.76. The third-order valence-electron chi connectivity index (χ3n) is 2.76. The number of piperidine rings is 1. The van der Waals surface area contributed by atoms with Crippen molar-refractivity contribution >= 4 is 5.69 Å². The van der Waals surface area contributed by atoms with Crippen LogP contribution in [0.1, 0.15) is 24.5 Å². The smallest absolute Gasteiger partial charge is 0.256 e. The summed E-state index contributed by atoms with van der Waals surface area (Å²) >= 11 is 0. The molecule has 0 radical (unpaired) electrons. The highest BCUT2D eigenvalue weighted by molar-refractivity contribution is 5.48. The summed E-state index contributed by atoms with van der Waals surface area (Å²) in [7, 11) is 1.55. The molecule has 0 atom stereocenters. The minimum atomic E-state index is 0.410. The van der Waals surface area contributed by atoms with Gasteiger partial charge < -0.3 is 15.8 Å². The van der Waals surface area contributed by atoms with Crippen LogP contribution in [0, 0.1) is 0 Å². The van der Waals surface area contributed by atoms with Crippen LogP contribution < -0.4 is 15.8 Å². The quantitative estimate of drug-likeness (QED) is 0.742. The number of anilines is 1. The van der Waals surface area contributed by atoms with E-state index in [1.54, 1.807) is 7.11 Å². The number of rotatable bonds is 2. The maximum atomic E-state index is 5.80. The van der Waals surface area contributed by atoms with E-state index in [0.717, 1.165) is 31.6 Å². The zero-order valence-electron chi connectivity index (χ0n) is 8.86. The Hall–Kier alpha value is -1.36. The molecule has 0 spiro atoms. The molecule has 2 rings (SSSR count). The first-order valence-corrected chi connectivity index (χ1v) is 5.19. The van der Waals surface area contributed by atoms with Crippen molar-refractivity contribution in [3.05, 3.63) is 11.8 Å². The van der Waals surface area contributed by atoms with Crippen molar-refractivity contribution in [3.63, 3.8) is 0 Å². The van der Waals surface area contributed by atoms with Crippen LogP contribution in [0.5, 0.6) is 5.88 Å². The molecular weight excluding hydrogens is 192 g/mol. The second-order valence-electron chi connectivity index (χ2n) is 3.76. The summed E-state index contributed by atoms with van der Waals surface area (Å²) in [5.74, 6) is 0.889. The maximum Gasteiger partial charge on any atom is 0.256 e. The van der Waals surface area contributed by atoms with Crippen LogP contribution in [0.25, 0.3) is 0 Å². The molecule has 0 unspecified atom stereocenters. The Morgan fingerprint density at radius 2 is 2.13 bits per heavy atom. The lowest BCUT2D eigenvalue weighted by Gasteiger charge is -2.21. The number of hydrogen-bond donors (Lipinski definition) is 2. The summed E-state index contributed by atoms with van der Waals surface area (Å²) < 4.78 is 4.98. The van der Waals surface area contributed by atoms with Crippen LogP contribution in [0.3, 0.4) is 0 Å². The standard InChI is InChI=1S/C10H16N4O/c1-15-10-8(11)6-9(13-14-10)7-2-4-12-5-3-7/h6-7,12H,2-5H2,1H3,(H2,11,13). The molecule has 2 heterocycles. The monoisotopic (exact) mass is 208 g/mol. The number of nitrogens with zero attached hydrogens (tertiary/aromatic N) is 2. The lowest BCUT2D eigenvalue weighted by Crippen LogP contribution is -2.27. The van der Waals surface area contributed by atoms with Gasteiger partial charge in [-0.25, -0.2) is 0 Å². The molecule has 82 valence electrons. The Labute approximate surface area is 89.0 Å². The molecule has 0 amide bonds. The van der Waals surface area contributed by atoms with Crippen LogP contribution in [-0.2, 0) is 0 Å². The Kier molecular flexibility index (Phi) is 3.01. The van der Waals surface area contributed by atoms with Crippen molar-refractivity contribution in [2.75, 3.05) is 25.9 Å². The van der Waals surface area contributed by atoms with Gasteiger partial charge in [-0.05, 0) is 32.0 Å². The Bertz CT molecular complexity index is 336. The molecule has 0 aromatic carbocycles. The summed E-state index contributed by atoms with van der Waals surface area (Å²) in [6.07, 6.45) is 2.20. The summed E-state index contributed by atoms with van der Waals surface area (Å²) in [6, 6.07) is 1.88. The topological polar surface area (TPSA) is 73.1 Å². The fourth-order valence-electron chi connectivity index (χ4n) is 1.89. The van der Waals surface area contributed by atoms with Crippen molar-refractivity contribution in [1.82, 2.24) is 15.5 Å². The first-order valence-electron chi connectivity index (χ1n) is 5.19. The van der Waals surface area contributed by atoms with Gasteiger partial charge in [0, 0.05) is 5.92 Å².